The summed E-state index contributed by atoms with van der Waals surface area (Å²) in [6, 6.07) is 7.55. The van der Waals surface area contributed by atoms with Crippen molar-refractivity contribution in [3.05, 3.63) is 34.9 Å². The number of rotatable bonds is 2. The Morgan fingerprint density at radius 2 is 2.00 bits per heavy atom. The second-order valence-electron chi connectivity index (χ2n) is 4.42. The number of hydrogen-bond acceptors (Lipinski definition) is 1. The second-order valence-corrected chi connectivity index (χ2v) is 4.42. The molecule has 0 spiro atoms. The predicted molar refractivity (Wildman–Crippen MR) is 71.6 cm³/mol. The van der Waals surface area contributed by atoms with Crippen LogP contribution in [0.3, 0.4) is 0 Å². The third-order valence-electron chi connectivity index (χ3n) is 3.17. The third kappa shape index (κ3) is 2.65. The van der Waals surface area contributed by atoms with Gasteiger partial charge in [-0.1, -0.05) is 51.0 Å². The molecule has 1 unspecified atom stereocenters. The lowest BCUT2D eigenvalue weighted by Gasteiger charge is -2.19. The molecule has 0 radical (unpaired) electrons. The molecule has 0 saturated carbocycles. The second kappa shape index (κ2) is 6.05. The van der Waals surface area contributed by atoms with E-state index in [1.807, 2.05) is 13.8 Å². The Morgan fingerprint density at radius 3 is 2.62 bits per heavy atom. The summed E-state index contributed by atoms with van der Waals surface area (Å²) in [5.41, 5.74) is 4.47. The number of nitrogens with zero attached hydrogens (tertiary/aromatic N) is 1. The van der Waals surface area contributed by atoms with Gasteiger partial charge in [-0.2, -0.15) is 0 Å². The fraction of sp³-hybridized carbons (Fsp3) is 0.600. The van der Waals surface area contributed by atoms with E-state index in [0.29, 0.717) is 6.04 Å². The molecular weight excluding hydrogens is 194 g/mol. The molecule has 0 bridgehead atoms. The van der Waals surface area contributed by atoms with E-state index < -0.39 is 0 Å². The summed E-state index contributed by atoms with van der Waals surface area (Å²) in [4.78, 5) is 2.47. The first kappa shape index (κ1) is 13.2. The van der Waals surface area contributed by atoms with Crippen LogP contribution in [-0.2, 0) is 6.54 Å². The first-order valence-electron chi connectivity index (χ1n) is 6.52. The third-order valence-corrected chi connectivity index (χ3v) is 3.17. The monoisotopic (exact) mass is 219 g/mol. The van der Waals surface area contributed by atoms with Crippen molar-refractivity contribution in [1.82, 2.24) is 4.90 Å². The van der Waals surface area contributed by atoms with Crippen LogP contribution in [0.25, 0.3) is 0 Å². The van der Waals surface area contributed by atoms with E-state index in [0.717, 1.165) is 6.54 Å². The summed E-state index contributed by atoms with van der Waals surface area (Å²) in [6.45, 7) is 9.56. The first-order valence-corrected chi connectivity index (χ1v) is 6.52. The number of fused-ring (bicyclic) bond motifs is 1. The minimum absolute atomic E-state index is 0.663. The molecule has 0 aliphatic carbocycles. The summed E-state index contributed by atoms with van der Waals surface area (Å²) in [5.74, 6) is 0. The van der Waals surface area contributed by atoms with E-state index in [4.69, 9.17) is 0 Å². The highest BCUT2D eigenvalue weighted by atomic mass is 15.1. The summed E-state index contributed by atoms with van der Waals surface area (Å²) < 4.78 is 0. The molecule has 1 aliphatic heterocycles. The molecule has 0 fully saturated rings. The first-order chi connectivity index (χ1) is 7.72. The van der Waals surface area contributed by atoms with Crippen molar-refractivity contribution >= 4 is 0 Å². The van der Waals surface area contributed by atoms with Crippen LogP contribution in [0.2, 0.25) is 0 Å². The Bertz CT molecular complexity index is 330. The van der Waals surface area contributed by atoms with Gasteiger partial charge in [0.15, 0.2) is 0 Å². The minimum atomic E-state index is 0.663. The Hall–Kier alpha value is -0.820. The molecule has 2 rings (SSSR count). The summed E-state index contributed by atoms with van der Waals surface area (Å²) in [6.07, 6.45) is 2.55. The zero-order chi connectivity index (χ0) is 12.1. The van der Waals surface area contributed by atoms with Gasteiger partial charge in [0.1, 0.15) is 0 Å². The molecule has 1 aliphatic rings. The highest BCUT2D eigenvalue weighted by Gasteiger charge is 2.25. The van der Waals surface area contributed by atoms with E-state index in [9.17, 15) is 0 Å². The highest BCUT2D eigenvalue weighted by Crippen LogP contribution is 2.35. The molecule has 0 amide bonds. The van der Waals surface area contributed by atoms with Gasteiger partial charge >= 0.3 is 0 Å². The van der Waals surface area contributed by atoms with E-state index in [1.165, 1.54) is 24.0 Å². The molecule has 1 atom stereocenters. The SMILES string of the molecule is CC.CCCC1c2ccc(C)cc2CN1C. The lowest BCUT2D eigenvalue weighted by molar-refractivity contribution is 0.254. The number of hydrogen-bond donors (Lipinski definition) is 0. The van der Waals surface area contributed by atoms with Crippen molar-refractivity contribution in [3.8, 4) is 0 Å². The van der Waals surface area contributed by atoms with Crippen molar-refractivity contribution in [2.24, 2.45) is 0 Å². The molecule has 0 N–H and O–H groups in total. The molecule has 0 aromatic heterocycles. The van der Waals surface area contributed by atoms with E-state index in [1.54, 1.807) is 5.56 Å². The van der Waals surface area contributed by atoms with Crippen LogP contribution in [0.5, 0.6) is 0 Å². The fourth-order valence-electron chi connectivity index (χ4n) is 2.46. The minimum Gasteiger partial charge on any atom is -0.295 e. The quantitative estimate of drug-likeness (QED) is 0.716. The van der Waals surface area contributed by atoms with Gasteiger partial charge in [0, 0.05) is 12.6 Å². The van der Waals surface area contributed by atoms with Crippen LogP contribution in [0.4, 0.5) is 0 Å². The molecule has 1 heterocycles. The van der Waals surface area contributed by atoms with E-state index in [2.05, 4.69) is 44.0 Å². The smallest absolute Gasteiger partial charge is 0.0351 e. The van der Waals surface area contributed by atoms with Gasteiger partial charge in [0.25, 0.3) is 0 Å². The average Bonchev–Trinajstić information content (AvgIpc) is 2.58. The Labute approximate surface area is 100 Å². The normalized spacial score (nSPS) is 18.9. The zero-order valence-corrected chi connectivity index (χ0v) is 11.4. The van der Waals surface area contributed by atoms with Gasteiger partial charge in [-0.05, 0) is 31.5 Å². The zero-order valence-electron chi connectivity index (χ0n) is 11.4. The summed E-state index contributed by atoms with van der Waals surface area (Å²) in [5, 5.41) is 0. The molecular formula is C15H25N. The maximum atomic E-state index is 2.47. The molecule has 0 saturated heterocycles. The predicted octanol–water partition coefficient (Wildman–Crippen LogP) is 4.31. The van der Waals surface area contributed by atoms with Crippen LogP contribution in [-0.4, -0.2) is 11.9 Å². The van der Waals surface area contributed by atoms with Crippen LogP contribution >= 0.6 is 0 Å². The van der Waals surface area contributed by atoms with E-state index >= 15 is 0 Å². The molecule has 90 valence electrons. The van der Waals surface area contributed by atoms with E-state index in [-0.39, 0.29) is 0 Å². The molecule has 1 nitrogen and oxygen atoms in total. The van der Waals surface area contributed by atoms with Gasteiger partial charge in [-0.25, -0.2) is 0 Å². The number of aryl methyl sites for hydroxylation is 1. The van der Waals surface area contributed by atoms with Gasteiger partial charge < -0.3 is 0 Å². The van der Waals surface area contributed by atoms with Crippen LogP contribution in [0.1, 0.15) is 56.3 Å². The maximum Gasteiger partial charge on any atom is 0.0351 e. The van der Waals surface area contributed by atoms with Crippen LogP contribution < -0.4 is 0 Å². The summed E-state index contributed by atoms with van der Waals surface area (Å²) >= 11 is 0. The Balaban J connectivity index is 0.000000606. The molecule has 1 aromatic rings. The van der Waals surface area contributed by atoms with Crippen molar-refractivity contribution in [1.29, 1.82) is 0 Å². The highest BCUT2D eigenvalue weighted by molar-refractivity contribution is 5.37. The Morgan fingerprint density at radius 1 is 1.31 bits per heavy atom. The molecule has 1 aromatic carbocycles. The Kier molecular flexibility index (Phi) is 5.01. The lowest BCUT2D eigenvalue weighted by Crippen LogP contribution is -2.15. The van der Waals surface area contributed by atoms with Gasteiger partial charge in [-0.15, -0.1) is 0 Å². The lowest BCUT2D eigenvalue weighted by atomic mass is 10.00. The van der Waals surface area contributed by atoms with Gasteiger partial charge in [-0.3, -0.25) is 4.90 Å². The van der Waals surface area contributed by atoms with Crippen molar-refractivity contribution in [2.75, 3.05) is 7.05 Å². The average molecular weight is 219 g/mol. The fourth-order valence-corrected chi connectivity index (χ4v) is 2.46. The van der Waals surface area contributed by atoms with Crippen LogP contribution in [0, 0.1) is 6.92 Å². The van der Waals surface area contributed by atoms with Crippen molar-refractivity contribution in [3.63, 3.8) is 0 Å². The van der Waals surface area contributed by atoms with Gasteiger partial charge in [0.05, 0.1) is 0 Å². The van der Waals surface area contributed by atoms with Gasteiger partial charge in [0.2, 0.25) is 0 Å². The molecule has 1 heteroatoms. The largest absolute Gasteiger partial charge is 0.295 e. The number of benzene rings is 1. The summed E-state index contributed by atoms with van der Waals surface area (Å²) in [7, 11) is 2.23. The van der Waals surface area contributed by atoms with Crippen LogP contribution in [0.15, 0.2) is 18.2 Å². The molecule has 16 heavy (non-hydrogen) atoms. The van der Waals surface area contributed by atoms with Crippen molar-refractivity contribution in [2.45, 2.75) is 53.1 Å². The van der Waals surface area contributed by atoms with Crippen molar-refractivity contribution < 1.29 is 0 Å². The standard InChI is InChI=1S/C13H19N.C2H6/c1-4-5-13-12-7-6-10(2)8-11(12)9-14(13)3;1-2/h6-8,13H,4-5,9H2,1-3H3;1-2H3. The maximum absolute atomic E-state index is 2.47. The topological polar surface area (TPSA) is 3.24 Å².